The minimum atomic E-state index is 0.402. The standard InChI is InChI=1S/C13H13BrN2O/c1-9-7-11(14)13(17-10-3-4-10)8-12(9)16-6-2-5-15-16/h2,5-8,10H,3-4H2,1H3. The lowest BCUT2D eigenvalue weighted by Crippen LogP contribution is -2.01. The average Bonchev–Trinajstić information content (AvgIpc) is 2.94. The molecule has 88 valence electrons. The predicted molar refractivity (Wildman–Crippen MR) is 69.7 cm³/mol. The molecule has 0 amide bonds. The molecule has 0 N–H and O–H groups in total. The van der Waals surface area contributed by atoms with Gasteiger partial charge in [-0.05, 0) is 53.4 Å². The average molecular weight is 293 g/mol. The second kappa shape index (κ2) is 4.18. The predicted octanol–water partition coefficient (Wildman–Crippen LogP) is 3.48. The normalized spacial score (nSPS) is 14.9. The molecule has 0 atom stereocenters. The van der Waals surface area contributed by atoms with Crippen molar-refractivity contribution >= 4 is 15.9 Å². The zero-order chi connectivity index (χ0) is 11.8. The SMILES string of the molecule is Cc1cc(Br)c(OC2CC2)cc1-n1cccn1. The third-order valence-corrected chi connectivity index (χ3v) is 3.44. The van der Waals surface area contributed by atoms with Gasteiger partial charge in [0.15, 0.2) is 0 Å². The molecular formula is C13H13BrN2O. The fraction of sp³-hybridized carbons (Fsp3) is 0.308. The highest BCUT2D eigenvalue weighted by atomic mass is 79.9. The Labute approximate surface area is 109 Å². The van der Waals surface area contributed by atoms with Crippen LogP contribution in [0.1, 0.15) is 18.4 Å². The number of nitrogens with zero attached hydrogens (tertiary/aromatic N) is 2. The van der Waals surface area contributed by atoms with E-state index in [1.165, 1.54) is 5.56 Å². The van der Waals surface area contributed by atoms with Gasteiger partial charge in [0.1, 0.15) is 5.75 Å². The fourth-order valence-electron chi connectivity index (χ4n) is 1.76. The summed E-state index contributed by atoms with van der Waals surface area (Å²) >= 11 is 3.55. The maximum absolute atomic E-state index is 5.86. The van der Waals surface area contributed by atoms with Crippen molar-refractivity contribution in [2.75, 3.05) is 0 Å². The molecule has 0 aliphatic heterocycles. The van der Waals surface area contributed by atoms with Gasteiger partial charge >= 0.3 is 0 Å². The van der Waals surface area contributed by atoms with Crippen LogP contribution in [-0.4, -0.2) is 15.9 Å². The maximum Gasteiger partial charge on any atom is 0.136 e. The van der Waals surface area contributed by atoms with E-state index < -0.39 is 0 Å². The summed E-state index contributed by atoms with van der Waals surface area (Å²) in [5, 5.41) is 4.26. The Bertz CT molecular complexity index is 533. The van der Waals surface area contributed by atoms with Gasteiger partial charge in [-0.15, -0.1) is 0 Å². The van der Waals surface area contributed by atoms with Crippen LogP contribution in [0.4, 0.5) is 0 Å². The highest BCUT2D eigenvalue weighted by Gasteiger charge is 2.24. The molecule has 1 aliphatic carbocycles. The largest absolute Gasteiger partial charge is 0.489 e. The Hall–Kier alpha value is -1.29. The van der Waals surface area contributed by atoms with E-state index in [-0.39, 0.29) is 0 Å². The number of benzene rings is 1. The second-order valence-corrected chi connectivity index (χ2v) is 5.19. The fourth-order valence-corrected chi connectivity index (χ4v) is 2.31. The molecule has 1 aliphatic rings. The number of aryl methyl sites for hydroxylation is 1. The van der Waals surface area contributed by atoms with E-state index >= 15 is 0 Å². The van der Waals surface area contributed by atoms with Gasteiger partial charge in [-0.3, -0.25) is 0 Å². The van der Waals surface area contributed by atoms with E-state index in [9.17, 15) is 0 Å². The molecule has 1 aromatic carbocycles. The van der Waals surface area contributed by atoms with Crippen LogP contribution in [0.15, 0.2) is 35.1 Å². The topological polar surface area (TPSA) is 27.1 Å². The summed E-state index contributed by atoms with van der Waals surface area (Å²) in [6.45, 7) is 2.07. The van der Waals surface area contributed by atoms with Crippen molar-refractivity contribution in [1.82, 2.24) is 9.78 Å². The van der Waals surface area contributed by atoms with Gasteiger partial charge in [0.25, 0.3) is 0 Å². The molecule has 0 unspecified atom stereocenters. The Morgan fingerprint density at radius 2 is 2.24 bits per heavy atom. The van der Waals surface area contributed by atoms with Gasteiger partial charge in [0.05, 0.1) is 16.3 Å². The molecule has 1 fully saturated rings. The third kappa shape index (κ3) is 2.22. The number of rotatable bonds is 3. The Morgan fingerprint density at radius 1 is 1.41 bits per heavy atom. The Kier molecular flexibility index (Phi) is 2.67. The van der Waals surface area contributed by atoms with Crippen LogP contribution in [-0.2, 0) is 0 Å². The van der Waals surface area contributed by atoms with E-state index in [0.717, 1.165) is 28.8 Å². The maximum atomic E-state index is 5.86. The summed E-state index contributed by atoms with van der Waals surface area (Å²) in [7, 11) is 0. The van der Waals surface area contributed by atoms with Gasteiger partial charge in [0, 0.05) is 18.5 Å². The van der Waals surface area contributed by atoms with Crippen molar-refractivity contribution < 1.29 is 4.74 Å². The molecule has 0 radical (unpaired) electrons. The number of hydrogen-bond donors (Lipinski definition) is 0. The van der Waals surface area contributed by atoms with Crippen molar-refractivity contribution in [1.29, 1.82) is 0 Å². The quantitative estimate of drug-likeness (QED) is 0.866. The molecule has 0 bridgehead atoms. The van der Waals surface area contributed by atoms with Crippen LogP contribution in [0.25, 0.3) is 5.69 Å². The van der Waals surface area contributed by atoms with Gasteiger partial charge in [-0.1, -0.05) is 0 Å². The molecule has 1 saturated carbocycles. The monoisotopic (exact) mass is 292 g/mol. The van der Waals surface area contributed by atoms with Crippen LogP contribution in [0, 0.1) is 6.92 Å². The number of hydrogen-bond acceptors (Lipinski definition) is 2. The first kappa shape index (κ1) is 10.8. The second-order valence-electron chi connectivity index (χ2n) is 4.34. The minimum Gasteiger partial charge on any atom is -0.489 e. The first-order valence-electron chi connectivity index (χ1n) is 5.71. The summed E-state index contributed by atoms with van der Waals surface area (Å²) in [5.41, 5.74) is 2.23. The summed E-state index contributed by atoms with van der Waals surface area (Å²) < 4.78 is 8.74. The van der Waals surface area contributed by atoms with Crippen molar-refractivity contribution in [2.24, 2.45) is 0 Å². The van der Waals surface area contributed by atoms with Crippen LogP contribution in [0.2, 0.25) is 0 Å². The van der Waals surface area contributed by atoms with Crippen molar-refractivity contribution in [3.05, 3.63) is 40.6 Å². The van der Waals surface area contributed by atoms with E-state index in [1.807, 2.05) is 23.0 Å². The summed E-state index contributed by atoms with van der Waals surface area (Å²) in [6.07, 6.45) is 6.45. The van der Waals surface area contributed by atoms with Crippen LogP contribution in [0.5, 0.6) is 5.75 Å². The lowest BCUT2D eigenvalue weighted by molar-refractivity contribution is 0.301. The van der Waals surface area contributed by atoms with Crippen molar-refractivity contribution in [3.8, 4) is 11.4 Å². The van der Waals surface area contributed by atoms with E-state index in [4.69, 9.17) is 4.74 Å². The molecule has 0 spiro atoms. The molecule has 17 heavy (non-hydrogen) atoms. The molecule has 2 aromatic rings. The first-order chi connectivity index (χ1) is 8.24. The van der Waals surface area contributed by atoms with Gasteiger partial charge in [0.2, 0.25) is 0 Å². The summed E-state index contributed by atoms with van der Waals surface area (Å²) in [5.74, 6) is 0.906. The highest BCUT2D eigenvalue weighted by molar-refractivity contribution is 9.10. The summed E-state index contributed by atoms with van der Waals surface area (Å²) in [4.78, 5) is 0. The number of aromatic nitrogens is 2. The number of halogens is 1. The molecular weight excluding hydrogens is 280 g/mol. The minimum absolute atomic E-state index is 0.402. The highest BCUT2D eigenvalue weighted by Crippen LogP contribution is 2.34. The zero-order valence-electron chi connectivity index (χ0n) is 9.56. The lowest BCUT2D eigenvalue weighted by Gasteiger charge is -2.12. The van der Waals surface area contributed by atoms with E-state index in [0.29, 0.717) is 6.10 Å². The van der Waals surface area contributed by atoms with Crippen molar-refractivity contribution in [2.45, 2.75) is 25.9 Å². The van der Waals surface area contributed by atoms with E-state index in [1.54, 1.807) is 6.20 Å². The molecule has 3 rings (SSSR count). The first-order valence-corrected chi connectivity index (χ1v) is 6.50. The van der Waals surface area contributed by atoms with Gasteiger partial charge in [-0.2, -0.15) is 5.10 Å². The molecule has 0 saturated heterocycles. The van der Waals surface area contributed by atoms with Crippen LogP contribution < -0.4 is 4.74 Å². The van der Waals surface area contributed by atoms with Gasteiger partial charge in [-0.25, -0.2) is 4.68 Å². The third-order valence-electron chi connectivity index (χ3n) is 2.82. The Balaban J connectivity index is 2.02. The van der Waals surface area contributed by atoms with Gasteiger partial charge < -0.3 is 4.74 Å². The molecule has 4 heteroatoms. The van der Waals surface area contributed by atoms with Crippen LogP contribution >= 0.6 is 15.9 Å². The zero-order valence-corrected chi connectivity index (χ0v) is 11.1. The summed E-state index contributed by atoms with van der Waals surface area (Å²) in [6, 6.07) is 6.04. The Morgan fingerprint density at radius 3 is 2.88 bits per heavy atom. The molecule has 1 aromatic heterocycles. The smallest absolute Gasteiger partial charge is 0.136 e. The van der Waals surface area contributed by atoms with E-state index in [2.05, 4.69) is 34.0 Å². The lowest BCUT2D eigenvalue weighted by atomic mass is 10.2. The molecule has 3 nitrogen and oxygen atoms in total. The van der Waals surface area contributed by atoms with Crippen molar-refractivity contribution in [3.63, 3.8) is 0 Å². The van der Waals surface area contributed by atoms with Crippen LogP contribution in [0.3, 0.4) is 0 Å². The molecule has 1 heterocycles. The number of ether oxygens (including phenoxy) is 1.